The zero-order valence-corrected chi connectivity index (χ0v) is 17.4. The Morgan fingerprint density at radius 3 is 2.34 bits per heavy atom. The van der Waals surface area contributed by atoms with Gasteiger partial charge in [-0.1, -0.05) is 30.3 Å². The van der Waals surface area contributed by atoms with E-state index in [1.54, 1.807) is 12.3 Å². The lowest BCUT2D eigenvalue weighted by atomic mass is 10.1. The van der Waals surface area contributed by atoms with Crippen molar-refractivity contribution in [2.45, 2.75) is 24.2 Å². The fourth-order valence-electron chi connectivity index (χ4n) is 3.80. The van der Waals surface area contributed by atoms with E-state index in [0.717, 1.165) is 37.2 Å². The van der Waals surface area contributed by atoms with E-state index in [4.69, 9.17) is 4.74 Å². The van der Waals surface area contributed by atoms with Gasteiger partial charge in [-0.05, 0) is 43.0 Å². The Morgan fingerprint density at radius 2 is 1.62 bits per heavy atom. The van der Waals surface area contributed by atoms with Crippen LogP contribution in [0.5, 0.6) is 0 Å². The third-order valence-corrected chi connectivity index (χ3v) is 7.32. The van der Waals surface area contributed by atoms with Crippen molar-refractivity contribution in [1.82, 2.24) is 4.31 Å². The molecule has 0 aromatic heterocycles. The highest BCUT2D eigenvalue weighted by Gasteiger charge is 2.30. The number of hydrogen-bond acceptors (Lipinski definition) is 5. The van der Waals surface area contributed by atoms with Gasteiger partial charge < -0.3 is 9.64 Å². The first-order chi connectivity index (χ1) is 14.1. The van der Waals surface area contributed by atoms with E-state index >= 15 is 0 Å². The van der Waals surface area contributed by atoms with Crippen LogP contribution in [0.1, 0.15) is 24.8 Å². The second-order valence-electron chi connectivity index (χ2n) is 7.39. The molecule has 2 aromatic carbocycles. The molecule has 6 nitrogen and oxygen atoms in total. The van der Waals surface area contributed by atoms with Gasteiger partial charge in [0.05, 0.1) is 24.6 Å². The van der Waals surface area contributed by atoms with Crippen LogP contribution in [0.3, 0.4) is 0 Å². The lowest BCUT2D eigenvalue weighted by Gasteiger charge is -2.32. The van der Waals surface area contributed by atoms with Crippen molar-refractivity contribution in [3.63, 3.8) is 0 Å². The van der Waals surface area contributed by atoms with Crippen LogP contribution in [0.25, 0.3) is 0 Å². The molecule has 154 valence electrons. The lowest BCUT2D eigenvalue weighted by molar-refractivity contribution is 0.0730. The molecule has 29 heavy (non-hydrogen) atoms. The molecule has 0 aliphatic carbocycles. The molecule has 0 unspecified atom stereocenters. The molecule has 0 bridgehead atoms. The summed E-state index contributed by atoms with van der Waals surface area (Å²) in [4.78, 5) is 7.08. The third-order valence-electron chi connectivity index (χ3n) is 5.39. The van der Waals surface area contributed by atoms with E-state index in [1.807, 2.05) is 42.5 Å². The Kier molecular flexibility index (Phi) is 6.28. The molecule has 2 aliphatic heterocycles. The summed E-state index contributed by atoms with van der Waals surface area (Å²) in [6, 6.07) is 15.3. The Morgan fingerprint density at radius 1 is 0.897 bits per heavy atom. The smallest absolute Gasteiger partial charge is 0.245 e. The van der Waals surface area contributed by atoms with Crippen molar-refractivity contribution < 1.29 is 13.2 Å². The van der Waals surface area contributed by atoms with Gasteiger partial charge in [0.15, 0.2) is 0 Å². The first kappa shape index (κ1) is 20.1. The minimum absolute atomic E-state index is 0.351. The predicted molar refractivity (Wildman–Crippen MR) is 116 cm³/mol. The fraction of sp³-hybridized carbons (Fsp3) is 0.409. The van der Waals surface area contributed by atoms with Gasteiger partial charge in [-0.15, -0.1) is 0 Å². The van der Waals surface area contributed by atoms with Crippen LogP contribution < -0.4 is 4.90 Å². The van der Waals surface area contributed by atoms with E-state index in [9.17, 15) is 8.42 Å². The second-order valence-corrected chi connectivity index (χ2v) is 9.29. The van der Waals surface area contributed by atoms with Gasteiger partial charge in [0.2, 0.25) is 10.0 Å². The summed E-state index contributed by atoms with van der Waals surface area (Å²) in [5.74, 6) is 0. The first-order valence-electron chi connectivity index (χ1n) is 10.2. The molecule has 4 rings (SSSR count). The molecule has 0 amide bonds. The highest BCUT2D eigenvalue weighted by molar-refractivity contribution is 7.89. The van der Waals surface area contributed by atoms with Gasteiger partial charge in [-0.3, -0.25) is 4.99 Å². The van der Waals surface area contributed by atoms with Gasteiger partial charge >= 0.3 is 0 Å². The maximum Gasteiger partial charge on any atom is 0.245 e. The minimum atomic E-state index is -3.61. The van der Waals surface area contributed by atoms with Crippen LogP contribution in [0.4, 0.5) is 11.4 Å². The number of piperidine rings is 1. The summed E-state index contributed by atoms with van der Waals surface area (Å²) >= 11 is 0. The van der Waals surface area contributed by atoms with Gasteiger partial charge in [-0.2, -0.15) is 4.31 Å². The van der Waals surface area contributed by atoms with Gasteiger partial charge in [-0.25, -0.2) is 8.42 Å². The van der Waals surface area contributed by atoms with E-state index in [2.05, 4.69) is 9.89 Å². The van der Waals surface area contributed by atoms with E-state index in [1.165, 1.54) is 10.7 Å². The molecule has 2 aliphatic rings. The number of nitrogens with zero attached hydrogens (tertiary/aromatic N) is 3. The number of morpholine rings is 1. The number of ether oxygens (including phenoxy) is 1. The first-order valence-corrected chi connectivity index (χ1v) is 11.6. The molecule has 2 fully saturated rings. The highest BCUT2D eigenvalue weighted by Crippen LogP contribution is 2.33. The highest BCUT2D eigenvalue weighted by atomic mass is 32.2. The molecule has 0 N–H and O–H groups in total. The van der Waals surface area contributed by atoms with Gasteiger partial charge in [0.25, 0.3) is 0 Å². The summed E-state index contributed by atoms with van der Waals surface area (Å²) < 4.78 is 33.8. The van der Waals surface area contributed by atoms with Crippen LogP contribution in [0, 0.1) is 0 Å². The normalized spacial score (nSPS) is 19.0. The molecule has 0 spiro atoms. The third kappa shape index (κ3) is 4.69. The summed E-state index contributed by atoms with van der Waals surface area (Å²) in [5.41, 5.74) is 2.40. The number of aliphatic imine (C=N–C) groups is 1. The van der Waals surface area contributed by atoms with Crippen LogP contribution in [0.15, 0.2) is 58.4 Å². The van der Waals surface area contributed by atoms with Crippen LogP contribution in [-0.4, -0.2) is 58.3 Å². The van der Waals surface area contributed by atoms with E-state index < -0.39 is 10.0 Å². The maximum atomic E-state index is 13.5. The number of rotatable bonds is 5. The molecule has 0 atom stereocenters. The van der Waals surface area contributed by atoms with Crippen molar-refractivity contribution in [2.24, 2.45) is 4.99 Å². The quantitative estimate of drug-likeness (QED) is 0.705. The zero-order valence-electron chi connectivity index (χ0n) is 16.5. The minimum Gasteiger partial charge on any atom is -0.379 e. The summed E-state index contributed by atoms with van der Waals surface area (Å²) in [6.45, 7) is 3.42. The Balaban J connectivity index is 1.71. The van der Waals surface area contributed by atoms with E-state index in [-0.39, 0.29) is 0 Å². The predicted octanol–water partition coefficient (Wildman–Crippen LogP) is 3.45. The summed E-state index contributed by atoms with van der Waals surface area (Å²) in [5, 5.41) is 0. The molecule has 2 saturated heterocycles. The van der Waals surface area contributed by atoms with Gasteiger partial charge in [0, 0.05) is 32.4 Å². The van der Waals surface area contributed by atoms with E-state index in [0.29, 0.717) is 36.9 Å². The number of hydrogen-bond donors (Lipinski definition) is 0. The fourth-order valence-corrected chi connectivity index (χ4v) is 5.44. The van der Waals surface area contributed by atoms with Crippen molar-refractivity contribution in [3.05, 3.63) is 54.1 Å². The standard InChI is InChI=1S/C22H27N3O3S/c26-29(27,25-13-15-28-16-14-25)22-17-20(23-18-19-7-3-1-4-8-19)9-10-21(22)24-11-5-2-6-12-24/h1,3-4,7-10,17-18H,2,5-6,11-16H2. The monoisotopic (exact) mass is 413 g/mol. The largest absolute Gasteiger partial charge is 0.379 e. The second kappa shape index (κ2) is 9.07. The molecule has 2 aromatic rings. The Hall–Kier alpha value is -2.22. The van der Waals surface area contributed by atoms with Crippen LogP contribution in [-0.2, 0) is 14.8 Å². The number of benzene rings is 2. The average molecular weight is 414 g/mol. The van der Waals surface area contributed by atoms with Crippen LogP contribution >= 0.6 is 0 Å². The SMILES string of the molecule is O=S(=O)(c1cc(N=Cc2ccccc2)ccc1N1CCCCC1)N1CCOCC1. The Labute approximate surface area is 172 Å². The number of sulfonamides is 1. The number of anilines is 1. The molecule has 0 radical (unpaired) electrons. The van der Waals surface area contributed by atoms with Crippen molar-refractivity contribution in [3.8, 4) is 0 Å². The molecule has 7 heteroatoms. The average Bonchev–Trinajstić information content (AvgIpc) is 2.79. The molecule has 2 heterocycles. The molecular formula is C22H27N3O3S. The molecule has 0 saturated carbocycles. The van der Waals surface area contributed by atoms with Crippen molar-refractivity contribution >= 4 is 27.6 Å². The van der Waals surface area contributed by atoms with Gasteiger partial charge in [0.1, 0.15) is 4.90 Å². The maximum absolute atomic E-state index is 13.5. The van der Waals surface area contributed by atoms with Crippen LogP contribution in [0.2, 0.25) is 0 Å². The molecular weight excluding hydrogens is 386 g/mol. The topological polar surface area (TPSA) is 62.2 Å². The Bertz CT molecular complexity index is 949. The van der Waals surface area contributed by atoms with Crippen molar-refractivity contribution in [2.75, 3.05) is 44.3 Å². The zero-order chi connectivity index (χ0) is 20.1. The van der Waals surface area contributed by atoms with Crippen molar-refractivity contribution in [1.29, 1.82) is 0 Å². The summed E-state index contributed by atoms with van der Waals surface area (Å²) in [7, 11) is -3.61. The lowest BCUT2D eigenvalue weighted by Crippen LogP contribution is -2.41. The summed E-state index contributed by atoms with van der Waals surface area (Å²) in [6.07, 6.45) is 5.14.